The molecule has 0 amide bonds. The fourth-order valence-corrected chi connectivity index (χ4v) is 2.24. The molecule has 0 radical (unpaired) electrons. The van der Waals surface area contributed by atoms with E-state index in [1.54, 1.807) is 7.11 Å². The Balaban J connectivity index is 2.42. The molecule has 0 aliphatic carbocycles. The maximum Gasteiger partial charge on any atom is 0.130 e. The zero-order chi connectivity index (χ0) is 11.4. The van der Waals surface area contributed by atoms with E-state index in [0.717, 1.165) is 30.4 Å². The molecular formula is C13H16O3. The van der Waals surface area contributed by atoms with Crippen molar-refractivity contribution in [3.63, 3.8) is 0 Å². The van der Waals surface area contributed by atoms with Gasteiger partial charge in [0.15, 0.2) is 0 Å². The van der Waals surface area contributed by atoms with E-state index in [0.29, 0.717) is 13.2 Å². The molecule has 0 spiro atoms. The average molecular weight is 220 g/mol. The summed E-state index contributed by atoms with van der Waals surface area (Å²) in [6.07, 6.45) is 2.52. The van der Waals surface area contributed by atoms with E-state index in [1.165, 1.54) is 0 Å². The number of hydrogen-bond acceptors (Lipinski definition) is 3. The molecule has 1 heterocycles. The third-order valence-corrected chi connectivity index (χ3v) is 3.25. The first-order valence-electron chi connectivity index (χ1n) is 5.50. The Morgan fingerprint density at radius 3 is 2.62 bits per heavy atom. The Bertz CT molecular complexity index is 367. The molecule has 1 fully saturated rings. The molecule has 1 aromatic rings. The number of methoxy groups -OCH3 is 1. The number of hydrogen-bond donors (Lipinski definition) is 0. The summed E-state index contributed by atoms with van der Waals surface area (Å²) in [7, 11) is 1.64. The Labute approximate surface area is 95.4 Å². The van der Waals surface area contributed by atoms with Crippen LogP contribution in [0.15, 0.2) is 24.3 Å². The summed E-state index contributed by atoms with van der Waals surface area (Å²) in [4.78, 5) is 11.4. The van der Waals surface area contributed by atoms with E-state index in [2.05, 4.69) is 0 Å². The van der Waals surface area contributed by atoms with Crippen molar-refractivity contribution in [3.05, 3.63) is 29.8 Å². The first-order chi connectivity index (χ1) is 7.82. The van der Waals surface area contributed by atoms with Crippen LogP contribution in [0.25, 0.3) is 0 Å². The number of carbonyl (C=O) groups excluding carboxylic acids is 1. The molecule has 0 N–H and O–H groups in total. The van der Waals surface area contributed by atoms with Crippen molar-refractivity contribution in [2.45, 2.75) is 18.3 Å². The van der Waals surface area contributed by atoms with Gasteiger partial charge in [0, 0.05) is 18.8 Å². The molecule has 0 unspecified atom stereocenters. The largest absolute Gasteiger partial charge is 0.496 e. The minimum Gasteiger partial charge on any atom is -0.496 e. The second-order valence-corrected chi connectivity index (χ2v) is 4.09. The van der Waals surface area contributed by atoms with Gasteiger partial charge in [0.05, 0.1) is 12.5 Å². The summed E-state index contributed by atoms with van der Waals surface area (Å²) in [6, 6.07) is 7.73. The number of rotatable bonds is 3. The van der Waals surface area contributed by atoms with E-state index in [9.17, 15) is 4.79 Å². The van der Waals surface area contributed by atoms with Gasteiger partial charge in [0.25, 0.3) is 0 Å². The minimum absolute atomic E-state index is 0.426. The molecule has 3 heteroatoms. The number of benzene rings is 1. The second-order valence-electron chi connectivity index (χ2n) is 4.09. The summed E-state index contributed by atoms with van der Waals surface area (Å²) < 4.78 is 10.6. The van der Waals surface area contributed by atoms with Gasteiger partial charge in [-0.25, -0.2) is 0 Å². The van der Waals surface area contributed by atoms with Gasteiger partial charge in [-0.1, -0.05) is 18.2 Å². The summed E-state index contributed by atoms with van der Waals surface area (Å²) >= 11 is 0. The van der Waals surface area contributed by atoms with Crippen LogP contribution in [0, 0.1) is 0 Å². The third kappa shape index (κ3) is 1.83. The molecule has 1 aliphatic rings. The molecule has 0 bridgehead atoms. The lowest BCUT2D eigenvalue weighted by Crippen LogP contribution is -2.35. The first-order valence-corrected chi connectivity index (χ1v) is 5.50. The molecule has 16 heavy (non-hydrogen) atoms. The predicted octanol–water partition coefficient (Wildman–Crippen LogP) is 1.94. The Morgan fingerprint density at radius 1 is 1.31 bits per heavy atom. The number of carbonyl (C=O) groups is 1. The van der Waals surface area contributed by atoms with E-state index in [4.69, 9.17) is 9.47 Å². The first kappa shape index (κ1) is 11.1. The Hall–Kier alpha value is -1.35. The van der Waals surface area contributed by atoms with Crippen molar-refractivity contribution in [1.29, 1.82) is 0 Å². The Morgan fingerprint density at radius 2 is 2.00 bits per heavy atom. The van der Waals surface area contributed by atoms with Crippen molar-refractivity contribution in [1.82, 2.24) is 0 Å². The monoisotopic (exact) mass is 220 g/mol. The van der Waals surface area contributed by atoms with Crippen LogP contribution in [-0.4, -0.2) is 26.6 Å². The highest BCUT2D eigenvalue weighted by atomic mass is 16.5. The van der Waals surface area contributed by atoms with Gasteiger partial charge in [-0.3, -0.25) is 0 Å². The second kappa shape index (κ2) is 4.66. The molecular weight excluding hydrogens is 204 g/mol. The number of aldehydes is 1. The number of ether oxygens (including phenoxy) is 2. The van der Waals surface area contributed by atoms with Crippen LogP contribution < -0.4 is 4.74 Å². The van der Waals surface area contributed by atoms with Crippen LogP contribution >= 0.6 is 0 Å². The van der Waals surface area contributed by atoms with Gasteiger partial charge in [-0.05, 0) is 18.9 Å². The van der Waals surface area contributed by atoms with E-state index in [1.807, 2.05) is 24.3 Å². The molecule has 0 saturated carbocycles. The zero-order valence-electron chi connectivity index (χ0n) is 9.44. The summed E-state index contributed by atoms with van der Waals surface area (Å²) in [6.45, 7) is 1.27. The van der Waals surface area contributed by atoms with Crippen molar-refractivity contribution in [3.8, 4) is 5.75 Å². The maximum atomic E-state index is 11.4. The molecule has 0 atom stereocenters. The standard InChI is InChI=1S/C13H16O3/c1-15-12-5-3-2-4-11(12)13(10-14)6-8-16-9-7-13/h2-5,10H,6-9H2,1H3. The molecule has 1 saturated heterocycles. The zero-order valence-corrected chi connectivity index (χ0v) is 9.44. The summed E-state index contributed by atoms with van der Waals surface area (Å²) in [5.41, 5.74) is 0.556. The van der Waals surface area contributed by atoms with E-state index >= 15 is 0 Å². The summed E-state index contributed by atoms with van der Waals surface area (Å²) in [5, 5.41) is 0. The lowest BCUT2D eigenvalue weighted by atomic mass is 9.75. The molecule has 86 valence electrons. The highest BCUT2D eigenvalue weighted by molar-refractivity contribution is 5.71. The minimum atomic E-state index is -0.426. The van der Waals surface area contributed by atoms with Crippen molar-refractivity contribution < 1.29 is 14.3 Å². The smallest absolute Gasteiger partial charge is 0.130 e. The average Bonchev–Trinajstić information content (AvgIpc) is 2.39. The molecule has 0 aromatic heterocycles. The van der Waals surface area contributed by atoms with Gasteiger partial charge >= 0.3 is 0 Å². The van der Waals surface area contributed by atoms with Crippen molar-refractivity contribution in [2.75, 3.05) is 20.3 Å². The van der Waals surface area contributed by atoms with E-state index in [-0.39, 0.29) is 0 Å². The number of para-hydroxylation sites is 1. The van der Waals surface area contributed by atoms with Gasteiger partial charge in [0.1, 0.15) is 12.0 Å². The van der Waals surface area contributed by atoms with Crippen LogP contribution in [0.5, 0.6) is 5.75 Å². The van der Waals surface area contributed by atoms with Gasteiger partial charge in [-0.15, -0.1) is 0 Å². The quantitative estimate of drug-likeness (QED) is 0.730. The SMILES string of the molecule is COc1ccccc1C1(C=O)CCOCC1. The lowest BCUT2D eigenvalue weighted by molar-refractivity contribution is -0.116. The van der Waals surface area contributed by atoms with Gasteiger partial charge in [0.2, 0.25) is 0 Å². The fourth-order valence-electron chi connectivity index (χ4n) is 2.24. The van der Waals surface area contributed by atoms with Crippen LogP contribution in [0.2, 0.25) is 0 Å². The van der Waals surface area contributed by atoms with Crippen molar-refractivity contribution in [2.24, 2.45) is 0 Å². The highest BCUT2D eigenvalue weighted by Crippen LogP contribution is 2.37. The molecule has 2 rings (SSSR count). The van der Waals surface area contributed by atoms with Gasteiger partial charge < -0.3 is 14.3 Å². The molecule has 1 aliphatic heterocycles. The van der Waals surface area contributed by atoms with Gasteiger partial charge in [-0.2, -0.15) is 0 Å². The van der Waals surface area contributed by atoms with Crippen LogP contribution in [-0.2, 0) is 14.9 Å². The topological polar surface area (TPSA) is 35.5 Å². The van der Waals surface area contributed by atoms with Crippen LogP contribution in [0.3, 0.4) is 0 Å². The highest BCUT2D eigenvalue weighted by Gasteiger charge is 2.36. The maximum absolute atomic E-state index is 11.4. The van der Waals surface area contributed by atoms with Crippen LogP contribution in [0.4, 0.5) is 0 Å². The van der Waals surface area contributed by atoms with Crippen LogP contribution in [0.1, 0.15) is 18.4 Å². The third-order valence-electron chi connectivity index (χ3n) is 3.25. The lowest BCUT2D eigenvalue weighted by Gasteiger charge is -2.33. The fraction of sp³-hybridized carbons (Fsp3) is 0.462. The summed E-state index contributed by atoms with van der Waals surface area (Å²) in [5.74, 6) is 0.788. The molecule has 3 nitrogen and oxygen atoms in total. The predicted molar refractivity (Wildman–Crippen MR) is 60.8 cm³/mol. The normalized spacial score (nSPS) is 19.1. The van der Waals surface area contributed by atoms with Crippen molar-refractivity contribution >= 4 is 6.29 Å². The Kier molecular flexibility index (Phi) is 3.25. The van der Waals surface area contributed by atoms with E-state index < -0.39 is 5.41 Å². The molecule has 1 aromatic carbocycles.